The van der Waals surface area contributed by atoms with E-state index in [9.17, 15) is 26.0 Å². The molecule has 202 valence electrons. The van der Waals surface area contributed by atoms with Gasteiger partial charge in [-0.2, -0.15) is 0 Å². The topological polar surface area (TPSA) is 131 Å². The number of halogens is 1. The van der Waals surface area contributed by atoms with Gasteiger partial charge in [-0.1, -0.05) is 30.3 Å². The Hall–Kier alpha value is -4.42. The Labute approximate surface area is 225 Å². The van der Waals surface area contributed by atoms with E-state index in [-0.39, 0.29) is 32.4 Å². The van der Waals surface area contributed by atoms with Gasteiger partial charge in [0, 0.05) is 5.69 Å². The van der Waals surface area contributed by atoms with Crippen molar-refractivity contribution in [2.45, 2.75) is 16.7 Å². The number of hydrogen-bond acceptors (Lipinski definition) is 6. The van der Waals surface area contributed by atoms with Crippen LogP contribution < -0.4 is 19.5 Å². The Balaban J connectivity index is 1.59. The third-order valence-corrected chi connectivity index (χ3v) is 8.52. The Morgan fingerprint density at radius 2 is 1.38 bits per heavy atom. The molecule has 9 nitrogen and oxygen atoms in total. The van der Waals surface area contributed by atoms with Gasteiger partial charge in [0.25, 0.3) is 26.0 Å². The summed E-state index contributed by atoms with van der Waals surface area (Å²) in [6, 6.07) is 21.0. The van der Waals surface area contributed by atoms with Crippen molar-refractivity contribution in [3.8, 4) is 5.75 Å². The molecular formula is C27H24FN3O6S2. The zero-order valence-corrected chi connectivity index (χ0v) is 22.4. The minimum absolute atomic E-state index is 0.0136. The lowest BCUT2D eigenvalue weighted by Crippen LogP contribution is -2.19. The van der Waals surface area contributed by atoms with Gasteiger partial charge in [-0.15, -0.1) is 0 Å². The minimum atomic E-state index is -4.12. The fraction of sp³-hybridized carbons (Fsp3) is 0.0741. The molecule has 4 aromatic carbocycles. The van der Waals surface area contributed by atoms with Gasteiger partial charge in [0.1, 0.15) is 11.6 Å². The molecule has 12 heteroatoms. The summed E-state index contributed by atoms with van der Waals surface area (Å²) in [5, 5.41) is 2.62. The summed E-state index contributed by atoms with van der Waals surface area (Å²) in [5.41, 5.74) is 0.818. The van der Waals surface area contributed by atoms with E-state index in [0.717, 1.165) is 24.3 Å². The summed E-state index contributed by atoms with van der Waals surface area (Å²) in [6.07, 6.45) is 0. The van der Waals surface area contributed by atoms with Gasteiger partial charge >= 0.3 is 0 Å². The summed E-state index contributed by atoms with van der Waals surface area (Å²) >= 11 is 0. The van der Waals surface area contributed by atoms with E-state index in [1.807, 2.05) is 0 Å². The van der Waals surface area contributed by atoms with E-state index in [4.69, 9.17) is 4.74 Å². The molecule has 0 saturated carbocycles. The molecule has 0 fully saturated rings. The minimum Gasteiger partial charge on any atom is -0.495 e. The first kappa shape index (κ1) is 27.6. The summed E-state index contributed by atoms with van der Waals surface area (Å²) in [4.78, 5) is 12.9. The number of para-hydroxylation sites is 3. The number of methoxy groups -OCH3 is 1. The summed E-state index contributed by atoms with van der Waals surface area (Å²) in [7, 11) is -6.76. The highest BCUT2D eigenvalue weighted by atomic mass is 32.2. The number of benzene rings is 4. The van der Waals surface area contributed by atoms with Crippen LogP contribution in [-0.2, 0) is 20.0 Å². The SMILES string of the molecule is COc1ccccc1NS(=O)(=O)c1cc(NC(=O)c2ccccc2NS(=O)(=O)c2ccc(F)cc2)ccc1C. The second-order valence-corrected chi connectivity index (χ2v) is 11.7. The quantitative estimate of drug-likeness (QED) is 0.260. The maximum Gasteiger partial charge on any atom is 0.262 e. The monoisotopic (exact) mass is 569 g/mol. The smallest absolute Gasteiger partial charge is 0.262 e. The highest BCUT2D eigenvalue weighted by Gasteiger charge is 2.22. The highest BCUT2D eigenvalue weighted by Crippen LogP contribution is 2.29. The average Bonchev–Trinajstić information content (AvgIpc) is 2.90. The van der Waals surface area contributed by atoms with Crippen LogP contribution in [0.25, 0.3) is 0 Å². The van der Waals surface area contributed by atoms with Crippen LogP contribution in [0.5, 0.6) is 5.75 Å². The fourth-order valence-electron chi connectivity index (χ4n) is 3.68. The Morgan fingerprint density at radius 1 is 0.769 bits per heavy atom. The number of sulfonamides is 2. The molecule has 3 N–H and O–H groups in total. The highest BCUT2D eigenvalue weighted by molar-refractivity contribution is 7.93. The summed E-state index contributed by atoms with van der Waals surface area (Å²) in [6.45, 7) is 1.61. The molecule has 0 aromatic heterocycles. The lowest BCUT2D eigenvalue weighted by Gasteiger charge is -2.15. The van der Waals surface area contributed by atoms with Gasteiger partial charge in [-0.3, -0.25) is 14.2 Å². The molecule has 0 saturated heterocycles. The molecule has 0 heterocycles. The number of aryl methyl sites for hydroxylation is 1. The summed E-state index contributed by atoms with van der Waals surface area (Å²) in [5.74, 6) is -0.938. The van der Waals surface area contributed by atoms with E-state index in [0.29, 0.717) is 11.3 Å². The van der Waals surface area contributed by atoms with Gasteiger partial charge in [0.2, 0.25) is 0 Å². The molecule has 0 aliphatic heterocycles. The number of rotatable bonds is 9. The maximum absolute atomic E-state index is 13.2. The molecule has 0 aliphatic carbocycles. The standard InChI is InChI=1S/C27H24FN3O6S2/c1-18-11-14-20(17-26(18)39(35,36)31-24-9-5-6-10-25(24)37-2)29-27(32)22-7-3-4-8-23(22)30-38(33,34)21-15-12-19(28)13-16-21/h3-17,30-31H,1-2H3,(H,29,32). The van der Waals surface area contributed by atoms with Crippen LogP contribution in [0.4, 0.5) is 21.5 Å². The molecule has 0 radical (unpaired) electrons. The summed E-state index contributed by atoms with van der Waals surface area (Å²) < 4.78 is 75.2. The molecule has 1 amide bonds. The van der Waals surface area contributed by atoms with Crippen LogP contribution in [0, 0.1) is 12.7 Å². The number of nitrogens with one attached hydrogen (secondary N) is 3. The first-order valence-electron chi connectivity index (χ1n) is 11.5. The zero-order chi connectivity index (χ0) is 28.2. The van der Waals surface area contributed by atoms with Gasteiger partial charge in [-0.25, -0.2) is 21.2 Å². The van der Waals surface area contributed by atoms with Gasteiger partial charge in [-0.05, 0) is 73.2 Å². The van der Waals surface area contributed by atoms with Crippen molar-refractivity contribution in [1.82, 2.24) is 0 Å². The molecule has 0 bridgehead atoms. The number of amides is 1. The van der Waals surface area contributed by atoms with Crippen molar-refractivity contribution in [2.75, 3.05) is 21.9 Å². The third-order valence-electron chi connectivity index (χ3n) is 5.63. The van der Waals surface area contributed by atoms with E-state index < -0.39 is 31.8 Å². The lowest BCUT2D eigenvalue weighted by atomic mass is 10.1. The largest absolute Gasteiger partial charge is 0.495 e. The Bertz CT molecular complexity index is 1740. The number of hydrogen-bond donors (Lipinski definition) is 3. The van der Waals surface area contributed by atoms with Crippen molar-refractivity contribution in [1.29, 1.82) is 0 Å². The lowest BCUT2D eigenvalue weighted by molar-refractivity contribution is 0.102. The van der Waals surface area contributed by atoms with E-state index in [1.54, 1.807) is 43.3 Å². The molecule has 39 heavy (non-hydrogen) atoms. The van der Waals surface area contributed by atoms with E-state index in [1.165, 1.54) is 37.4 Å². The second-order valence-electron chi connectivity index (χ2n) is 8.35. The van der Waals surface area contributed by atoms with Gasteiger partial charge in [0.05, 0.1) is 33.8 Å². The second kappa shape index (κ2) is 11.1. The molecule has 0 unspecified atom stereocenters. The number of carbonyl (C=O) groups excluding carboxylic acids is 1. The van der Waals surface area contributed by atoms with Crippen molar-refractivity contribution in [3.63, 3.8) is 0 Å². The first-order chi connectivity index (χ1) is 18.5. The van der Waals surface area contributed by atoms with Crippen LogP contribution in [0.3, 0.4) is 0 Å². The predicted molar refractivity (Wildman–Crippen MR) is 147 cm³/mol. The molecular weight excluding hydrogens is 545 g/mol. The molecule has 0 atom stereocenters. The van der Waals surface area contributed by atoms with E-state index in [2.05, 4.69) is 14.8 Å². The molecule has 0 spiro atoms. The van der Waals surface area contributed by atoms with Crippen LogP contribution in [0.1, 0.15) is 15.9 Å². The number of carbonyl (C=O) groups is 1. The van der Waals surface area contributed by atoms with E-state index >= 15 is 0 Å². The zero-order valence-electron chi connectivity index (χ0n) is 20.8. The number of ether oxygens (including phenoxy) is 1. The van der Waals surface area contributed by atoms with Crippen LogP contribution in [-0.4, -0.2) is 29.9 Å². The fourth-order valence-corrected chi connectivity index (χ4v) is 6.10. The van der Waals surface area contributed by atoms with Crippen LogP contribution >= 0.6 is 0 Å². The Morgan fingerprint density at radius 3 is 2.08 bits per heavy atom. The molecule has 4 aromatic rings. The van der Waals surface area contributed by atoms with Crippen LogP contribution in [0.2, 0.25) is 0 Å². The first-order valence-corrected chi connectivity index (χ1v) is 14.4. The third kappa shape index (κ3) is 6.36. The van der Waals surface area contributed by atoms with Crippen molar-refractivity contribution in [3.05, 3.63) is 108 Å². The normalized spacial score (nSPS) is 11.5. The van der Waals surface area contributed by atoms with Crippen molar-refractivity contribution >= 4 is 43.0 Å². The number of anilines is 3. The predicted octanol–water partition coefficient (Wildman–Crippen LogP) is 5.00. The molecule has 4 rings (SSSR count). The van der Waals surface area contributed by atoms with Crippen molar-refractivity contribution in [2.24, 2.45) is 0 Å². The molecule has 0 aliphatic rings. The average molecular weight is 570 g/mol. The Kier molecular flexibility index (Phi) is 7.88. The van der Waals surface area contributed by atoms with Gasteiger partial charge in [0.15, 0.2) is 0 Å². The van der Waals surface area contributed by atoms with Crippen molar-refractivity contribution < 1.29 is 30.8 Å². The maximum atomic E-state index is 13.2. The van der Waals surface area contributed by atoms with Crippen LogP contribution in [0.15, 0.2) is 101 Å². The van der Waals surface area contributed by atoms with Gasteiger partial charge < -0.3 is 10.1 Å².